The lowest BCUT2D eigenvalue weighted by Gasteiger charge is -2.43. The lowest BCUT2D eigenvalue weighted by molar-refractivity contribution is -0.0842. The minimum Gasteiger partial charge on any atom is -0.474 e. The summed E-state index contributed by atoms with van der Waals surface area (Å²) in [6.45, 7) is 4.13. The quantitative estimate of drug-likeness (QED) is 0.818. The van der Waals surface area contributed by atoms with Gasteiger partial charge in [-0.15, -0.1) is 11.3 Å². The molecule has 2 fully saturated rings. The summed E-state index contributed by atoms with van der Waals surface area (Å²) in [5, 5.41) is 0. The van der Waals surface area contributed by atoms with E-state index < -0.39 is 0 Å². The van der Waals surface area contributed by atoms with Gasteiger partial charge in [-0.1, -0.05) is 6.07 Å². The van der Waals surface area contributed by atoms with E-state index in [0.29, 0.717) is 6.04 Å². The Bertz CT molecular complexity index is 708. The second-order valence-corrected chi connectivity index (χ2v) is 7.99. The largest absolute Gasteiger partial charge is 0.474 e. The van der Waals surface area contributed by atoms with E-state index in [1.165, 1.54) is 4.88 Å². The Morgan fingerprint density at radius 1 is 1.32 bits per heavy atom. The van der Waals surface area contributed by atoms with Gasteiger partial charge >= 0.3 is 0 Å². The van der Waals surface area contributed by atoms with Crippen molar-refractivity contribution in [3.63, 3.8) is 0 Å². The number of thiazole rings is 1. The Labute approximate surface area is 153 Å². The van der Waals surface area contributed by atoms with Gasteiger partial charge in [-0.05, 0) is 32.3 Å². The van der Waals surface area contributed by atoms with Crippen LogP contribution in [-0.4, -0.2) is 46.3 Å². The van der Waals surface area contributed by atoms with E-state index >= 15 is 0 Å². The fourth-order valence-electron chi connectivity index (χ4n) is 4.30. The number of aromatic nitrogens is 2. The molecule has 4 rings (SSSR count). The molecule has 0 unspecified atom stereocenters. The Hall–Kier alpha value is -1.50. The fraction of sp³-hybridized carbons (Fsp3) is 0.579. The zero-order valence-electron chi connectivity index (χ0n) is 14.9. The number of aryl methyl sites for hydroxylation is 1. The van der Waals surface area contributed by atoms with Gasteiger partial charge in [0.25, 0.3) is 0 Å². The molecule has 25 heavy (non-hydrogen) atoms. The van der Waals surface area contributed by atoms with Crippen molar-refractivity contribution < 1.29 is 9.47 Å². The van der Waals surface area contributed by atoms with Crippen LogP contribution in [0, 0.1) is 6.92 Å². The van der Waals surface area contributed by atoms with E-state index in [1.807, 2.05) is 30.8 Å². The molecule has 0 bridgehead atoms. The highest BCUT2D eigenvalue weighted by Crippen LogP contribution is 2.44. The number of hydrogen-bond acceptors (Lipinski definition) is 6. The monoisotopic (exact) mass is 359 g/mol. The molecule has 0 N–H and O–H groups in total. The highest BCUT2D eigenvalue weighted by Gasteiger charge is 2.51. The standard InChI is InChI=1S/C19H25N3O2S/c1-14-16(25-13-21-14)12-22-10-8-19(23-2)7-6-15(11-17(19)22)24-18-5-3-4-9-20-18/h3-5,9,13,15,17H,6-8,10-12H2,1-2H3/t15-,17-,19+/m0/s1. The van der Waals surface area contributed by atoms with Crippen LogP contribution >= 0.6 is 11.3 Å². The molecule has 134 valence electrons. The SMILES string of the molecule is CO[C@@]12CC[C@H](Oc3ccccn3)C[C@@H]1N(Cc1scnc1C)CC2. The summed E-state index contributed by atoms with van der Waals surface area (Å²) in [4.78, 5) is 12.6. The summed E-state index contributed by atoms with van der Waals surface area (Å²) in [6.07, 6.45) is 6.14. The third-order valence-electron chi connectivity index (χ3n) is 5.77. The van der Waals surface area contributed by atoms with Crippen molar-refractivity contribution in [1.82, 2.24) is 14.9 Å². The second kappa shape index (κ2) is 7.02. The van der Waals surface area contributed by atoms with E-state index in [2.05, 4.69) is 21.8 Å². The molecule has 3 atom stereocenters. The zero-order valence-corrected chi connectivity index (χ0v) is 15.7. The highest BCUT2D eigenvalue weighted by molar-refractivity contribution is 7.09. The first-order valence-electron chi connectivity index (χ1n) is 8.96. The summed E-state index contributed by atoms with van der Waals surface area (Å²) >= 11 is 1.75. The lowest BCUT2D eigenvalue weighted by atomic mass is 9.79. The van der Waals surface area contributed by atoms with Gasteiger partial charge < -0.3 is 9.47 Å². The van der Waals surface area contributed by atoms with E-state index in [-0.39, 0.29) is 11.7 Å². The minimum absolute atomic E-state index is 0.0252. The summed E-state index contributed by atoms with van der Waals surface area (Å²) in [5.74, 6) is 0.722. The Morgan fingerprint density at radius 2 is 2.24 bits per heavy atom. The number of hydrogen-bond donors (Lipinski definition) is 0. The molecule has 2 aromatic rings. The second-order valence-electron chi connectivity index (χ2n) is 7.05. The molecular formula is C19H25N3O2S. The van der Waals surface area contributed by atoms with Crippen molar-refractivity contribution in [3.05, 3.63) is 40.5 Å². The van der Waals surface area contributed by atoms with Crippen LogP contribution in [0.5, 0.6) is 5.88 Å². The first-order chi connectivity index (χ1) is 12.2. The summed E-state index contributed by atoms with van der Waals surface area (Å²) in [7, 11) is 1.87. The molecule has 0 radical (unpaired) electrons. The van der Waals surface area contributed by atoms with Gasteiger partial charge in [0.1, 0.15) is 6.10 Å². The Morgan fingerprint density at radius 3 is 2.96 bits per heavy atom. The van der Waals surface area contributed by atoms with E-state index in [0.717, 1.165) is 50.3 Å². The maximum atomic E-state index is 6.16. The summed E-state index contributed by atoms with van der Waals surface area (Å²) < 4.78 is 12.2. The molecule has 6 heteroatoms. The van der Waals surface area contributed by atoms with Crippen molar-refractivity contribution in [2.75, 3.05) is 13.7 Å². The van der Waals surface area contributed by atoms with Crippen molar-refractivity contribution in [1.29, 1.82) is 0 Å². The van der Waals surface area contributed by atoms with E-state index in [4.69, 9.17) is 9.47 Å². The third-order valence-corrected chi connectivity index (χ3v) is 6.69. The average Bonchev–Trinajstić information content (AvgIpc) is 3.21. The van der Waals surface area contributed by atoms with Gasteiger partial charge in [-0.3, -0.25) is 4.90 Å². The van der Waals surface area contributed by atoms with Crippen LogP contribution in [0.4, 0.5) is 0 Å². The molecule has 0 spiro atoms. The maximum Gasteiger partial charge on any atom is 0.213 e. The molecule has 2 aliphatic rings. The molecule has 0 aromatic carbocycles. The number of methoxy groups -OCH3 is 1. The van der Waals surface area contributed by atoms with Gasteiger partial charge in [0, 0.05) is 49.8 Å². The predicted molar refractivity (Wildman–Crippen MR) is 97.9 cm³/mol. The lowest BCUT2D eigenvalue weighted by Crippen LogP contribution is -2.52. The first kappa shape index (κ1) is 16.9. The maximum absolute atomic E-state index is 6.16. The molecule has 1 aliphatic heterocycles. The van der Waals surface area contributed by atoms with Gasteiger partial charge in [0.05, 0.1) is 16.8 Å². The average molecular weight is 359 g/mol. The number of pyridine rings is 1. The molecule has 5 nitrogen and oxygen atoms in total. The summed E-state index contributed by atoms with van der Waals surface area (Å²) in [5.41, 5.74) is 3.07. The van der Waals surface area contributed by atoms with Gasteiger partial charge in [-0.25, -0.2) is 9.97 Å². The Balaban J connectivity index is 1.49. The van der Waals surface area contributed by atoms with Crippen LogP contribution in [-0.2, 0) is 11.3 Å². The van der Waals surface area contributed by atoms with Crippen molar-refractivity contribution >= 4 is 11.3 Å². The number of fused-ring (bicyclic) bond motifs is 1. The van der Waals surface area contributed by atoms with E-state index in [9.17, 15) is 0 Å². The third kappa shape index (κ3) is 3.30. The number of nitrogens with zero attached hydrogens (tertiary/aromatic N) is 3. The zero-order chi connectivity index (χ0) is 17.3. The van der Waals surface area contributed by atoms with Crippen molar-refractivity contribution in [2.24, 2.45) is 0 Å². The first-order valence-corrected chi connectivity index (χ1v) is 9.84. The van der Waals surface area contributed by atoms with Gasteiger partial charge in [-0.2, -0.15) is 0 Å². The highest BCUT2D eigenvalue weighted by atomic mass is 32.1. The molecule has 1 aliphatic carbocycles. The summed E-state index contributed by atoms with van der Waals surface area (Å²) in [6, 6.07) is 6.21. The smallest absolute Gasteiger partial charge is 0.213 e. The fourth-order valence-corrected chi connectivity index (χ4v) is 5.10. The van der Waals surface area contributed by atoms with Crippen LogP contribution in [0.25, 0.3) is 0 Å². The molecule has 3 heterocycles. The topological polar surface area (TPSA) is 47.5 Å². The van der Waals surface area contributed by atoms with Crippen LogP contribution in [0.15, 0.2) is 29.9 Å². The van der Waals surface area contributed by atoms with Gasteiger partial charge in [0.15, 0.2) is 0 Å². The van der Waals surface area contributed by atoms with Crippen LogP contribution in [0.2, 0.25) is 0 Å². The minimum atomic E-state index is -0.0252. The number of likely N-dealkylation sites (tertiary alicyclic amines) is 1. The van der Waals surface area contributed by atoms with E-state index in [1.54, 1.807) is 17.5 Å². The predicted octanol–water partition coefficient (Wildman–Crippen LogP) is 3.44. The molecule has 0 amide bonds. The normalized spacial score (nSPS) is 29.5. The number of ether oxygens (including phenoxy) is 2. The van der Waals surface area contributed by atoms with Crippen LogP contribution < -0.4 is 4.74 Å². The molecule has 2 aromatic heterocycles. The van der Waals surface area contributed by atoms with Crippen LogP contribution in [0.3, 0.4) is 0 Å². The number of rotatable bonds is 5. The molecule has 1 saturated heterocycles. The van der Waals surface area contributed by atoms with Crippen molar-refractivity contribution in [2.45, 2.75) is 56.9 Å². The van der Waals surface area contributed by atoms with Gasteiger partial charge in [0.2, 0.25) is 5.88 Å². The molecule has 1 saturated carbocycles. The Kier molecular flexibility index (Phi) is 4.75. The van der Waals surface area contributed by atoms with Crippen LogP contribution in [0.1, 0.15) is 36.3 Å². The van der Waals surface area contributed by atoms with Crippen molar-refractivity contribution in [3.8, 4) is 5.88 Å². The molecular weight excluding hydrogens is 334 g/mol.